The Labute approximate surface area is 143 Å². The molecule has 0 aromatic heterocycles. The molecule has 0 saturated heterocycles. The highest BCUT2D eigenvalue weighted by atomic mass is 16.5. The van der Waals surface area contributed by atoms with Crippen molar-refractivity contribution in [2.75, 3.05) is 7.11 Å². The molecule has 0 fully saturated rings. The number of hydrogen-bond donors (Lipinski definition) is 1. The van der Waals surface area contributed by atoms with Gasteiger partial charge in [0, 0.05) is 5.56 Å². The molecule has 1 atom stereocenters. The number of Topliss-reactive ketones (excluding diaryl/α,β-unsaturated/α-hetero) is 1. The molecule has 0 aliphatic rings. The van der Waals surface area contributed by atoms with Gasteiger partial charge in [0.1, 0.15) is 11.9 Å². The second-order valence-corrected chi connectivity index (χ2v) is 6.61. The number of ketones is 1. The fraction of sp³-hybridized carbons (Fsp3) is 0.350. The Morgan fingerprint density at radius 2 is 1.79 bits per heavy atom. The Morgan fingerprint density at radius 1 is 1.12 bits per heavy atom. The molecule has 0 saturated carbocycles. The average Bonchev–Trinajstić information content (AvgIpc) is 2.58. The van der Waals surface area contributed by atoms with Crippen LogP contribution in [0.4, 0.5) is 0 Å². The minimum Gasteiger partial charge on any atom is -0.497 e. The largest absolute Gasteiger partial charge is 0.497 e. The van der Waals surface area contributed by atoms with Crippen LogP contribution in [0.3, 0.4) is 0 Å². The number of carbonyl (C=O) groups excluding carboxylic acids is 1. The Bertz CT molecular complexity index is 664. The van der Waals surface area contributed by atoms with Gasteiger partial charge >= 0.3 is 0 Å². The van der Waals surface area contributed by atoms with E-state index >= 15 is 0 Å². The number of hydrogen-bond acceptors (Lipinski definition) is 4. The standard InChI is InChI=1S/C20H24O4/c1-20(2,3)24-19(18(22)15-8-6-5-7-9-15)16-10-14(13-21)11-17(12-16)23-4/h5-12,19,21H,13H2,1-4H3. The van der Waals surface area contributed by atoms with Crippen LogP contribution in [0.5, 0.6) is 5.75 Å². The van der Waals surface area contributed by atoms with E-state index in [1.54, 1.807) is 37.4 Å². The van der Waals surface area contributed by atoms with E-state index in [-0.39, 0.29) is 12.4 Å². The number of benzene rings is 2. The summed E-state index contributed by atoms with van der Waals surface area (Å²) in [7, 11) is 1.55. The Morgan fingerprint density at radius 3 is 2.33 bits per heavy atom. The summed E-state index contributed by atoms with van der Waals surface area (Å²) in [5.74, 6) is 0.461. The Balaban J connectivity index is 2.48. The second kappa shape index (κ2) is 7.60. The summed E-state index contributed by atoms with van der Waals surface area (Å²) in [5.41, 5.74) is 1.42. The first-order valence-corrected chi connectivity index (χ1v) is 7.90. The van der Waals surface area contributed by atoms with Crippen LogP contribution in [-0.4, -0.2) is 23.6 Å². The molecule has 0 aliphatic carbocycles. The van der Waals surface area contributed by atoms with Gasteiger partial charge in [-0.05, 0) is 44.0 Å². The molecule has 0 bridgehead atoms. The van der Waals surface area contributed by atoms with Crippen LogP contribution >= 0.6 is 0 Å². The molecule has 0 radical (unpaired) electrons. The summed E-state index contributed by atoms with van der Waals surface area (Å²) in [5, 5.41) is 9.47. The molecule has 0 aliphatic heterocycles. The summed E-state index contributed by atoms with van der Waals surface area (Å²) < 4.78 is 11.3. The third-order valence-electron chi connectivity index (χ3n) is 3.48. The van der Waals surface area contributed by atoms with Crippen LogP contribution in [0.25, 0.3) is 0 Å². The molecule has 128 valence electrons. The fourth-order valence-electron chi connectivity index (χ4n) is 2.43. The molecule has 2 aromatic carbocycles. The molecule has 1 unspecified atom stereocenters. The van der Waals surface area contributed by atoms with E-state index < -0.39 is 11.7 Å². The lowest BCUT2D eigenvalue weighted by Gasteiger charge is -2.27. The summed E-state index contributed by atoms with van der Waals surface area (Å²) in [4.78, 5) is 13.0. The number of rotatable bonds is 6. The Hall–Kier alpha value is -2.17. The third kappa shape index (κ3) is 4.66. The molecule has 2 rings (SSSR count). The van der Waals surface area contributed by atoms with Gasteiger partial charge < -0.3 is 14.6 Å². The highest BCUT2D eigenvalue weighted by Gasteiger charge is 2.28. The molecule has 1 N–H and O–H groups in total. The van der Waals surface area contributed by atoms with Crippen LogP contribution in [0.2, 0.25) is 0 Å². The molecule has 2 aromatic rings. The van der Waals surface area contributed by atoms with E-state index in [9.17, 15) is 9.90 Å². The van der Waals surface area contributed by atoms with Crippen molar-refractivity contribution in [3.8, 4) is 5.75 Å². The predicted molar refractivity (Wildman–Crippen MR) is 93.3 cm³/mol. The van der Waals surface area contributed by atoms with Gasteiger partial charge in [-0.15, -0.1) is 0 Å². The van der Waals surface area contributed by atoms with Crippen molar-refractivity contribution in [1.82, 2.24) is 0 Å². The van der Waals surface area contributed by atoms with Crippen molar-refractivity contribution in [2.24, 2.45) is 0 Å². The number of aliphatic hydroxyl groups excluding tert-OH is 1. The minimum atomic E-state index is -0.771. The van der Waals surface area contributed by atoms with Crippen LogP contribution in [0, 0.1) is 0 Å². The van der Waals surface area contributed by atoms with E-state index in [0.717, 1.165) is 0 Å². The molecular formula is C20H24O4. The topological polar surface area (TPSA) is 55.8 Å². The van der Waals surface area contributed by atoms with E-state index in [4.69, 9.17) is 9.47 Å². The van der Waals surface area contributed by atoms with Gasteiger partial charge in [-0.25, -0.2) is 0 Å². The van der Waals surface area contributed by atoms with Crippen LogP contribution in [0.15, 0.2) is 48.5 Å². The number of ether oxygens (including phenoxy) is 2. The molecule has 0 spiro atoms. The highest BCUT2D eigenvalue weighted by Crippen LogP contribution is 2.31. The monoisotopic (exact) mass is 328 g/mol. The second-order valence-electron chi connectivity index (χ2n) is 6.61. The number of aliphatic hydroxyl groups is 1. The first-order chi connectivity index (χ1) is 11.3. The maximum absolute atomic E-state index is 13.0. The van der Waals surface area contributed by atoms with Crippen molar-refractivity contribution >= 4 is 5.78 Å². The summed E-state index contributed by atoms with van der Waals surface area (Å²) in [6.07, 6.45) is -0.771. The van der Waals surface area contributed by atoms with Crippen molar-refractivity contribution in [2.45, 2.75) is 39.1 Å². The lowest BCUT2D eigenvalue weighted by Crippen LogP contribution is -2.27. The fourth-order valence-corrected chi connectivity index (χ4v) is 2.43. The maximum atomic E-state index is 13.0. The van der Waals surface area contributed by atoms with Gasteiger partial charge in [0.15, 0.2) is 5.78 Å². The summed E-state index contributed by atoms with van der Waals surface area (Å²) in [6, 6.07) is 14.4. The summed E-state index contributed by atoms with van der Waals surface area (Å²) in [6.45, 7) is 5.59. The molecule has 4 heteroatoms. The van der Waals surface area contributed by atoms with Gasteiger partial charge in [0.25, 0.3) is 0 Å². The highest BCUT2D eigenvalue weighted by molar-refractivity contribution is 6.00. The van der Waals surface area contributed by atoms with Crippen LogP contribution < -0.4 is 4.74 Å². The summed E-state index contributed by atoms with van der Waals surface area (Å²) >= 11 is 0. The lowest BCUT2D eigenvalue weighted by atomic mass is 9.97. The van der Waals surface area contributed by atoms with Gasteiger partial charge in [-0.3, -0.25) is 4.79 Å². The molecular weight excluding hydrogens is 304 g/mol. The van der Waals surface area contributed by atoms with Gasteiger partial charge in [0.05, 0.1) is 19.3 Å². The first kappa shape index (κ1) is 18.2. The van der Waals surface area contributed by atoms with Gasteiger partial charge in [0.2, 0.25) is 0 Å². The van der Waals surface area contributed by atoms with Crippen molar-refractivity contribution in [3.05, 3.63) is 65.2 Å². The smallest absolute Gasteiger partial charge is 0.196 e. The maximum Gasteiger partial charge on any atom is 0.196 e. The number of methoxy groups -OCH3 is 1. The predicted octanol–water partition coefficient (Wildman–Crippen LogP) is 3.93. The van der Waals surface area contributed by atoms with E-state index in [0.29, 0.717) is 22.4 Å². The number of carbonyl (C=O) groups is 1. The van der Waals surface area contributed by atoms with Crippen molar-refractivity contribution < 1.29 is 19.4 Å². The third-order valence-corrected chi connectivity index (χ3v) is 3.48. The van der Waals surface area contributed by atoms with Crippen LogP contribution in [0.1, 0.15) is 48.4 Å². The SMILES string of the molecule is COc1cc(CO)cc(C(OC(C)(C)C)C(=O)c2ccccc2)c1. The molecule has 0 heterocycles. The van der Waals surface area contributed by atoms with Gasteiger partial charge in [-0.2, -0.15) is 0 Å². The quantitative estimate of drug-likeness (QED) is 0.817. The first-order valence-electron chi connectivity index (χ1n) is 7.90. The van der Waals surface area contributed by atoms with Crippen LogP contribution in [-0.2, 0) is 11.3 Å². The lowest BCUT2D eigenvalue weighted by molar-refractivity contribution is -0.0472. The van der Waals surface area contributed by atoms with E-state index in [1.807, 2.05) is 39.0 Å². The molecule has 24 heavy (non-hydrogen) atoms. The molecule has 4 nitrogen and oxygen atoms in total. The average molecular weight is 328 g/mol. The van der Waals surface area contributed by atoms with E-state index in [1.165, 1.54) is 0 Å². The zero-order valence-electron chi connectivity index (χ0n) is 14.6. The molecule has 0 amide bonds. The Kier molecular flexibility index (Phi) is 5.75. The van der Waals surface area contributed by atoms with Crippen molar-refractivity contribution in [3.63, 3.8) is 0 Å². The normalized spacial score (nSPS) is 12.7. The zero-order valence-corrected chi connectivity index (χ0v) is 14.6. The van der Waals surface area contributed by atoms with Crippen molar-refractivity contribution in [1.29, 1.82) is 0 Å². The zero-order chi connectivity index (χ0) is 17.7. The minimum absolute atomic E-state index is 0.123. The van der Waals surface area contributed by atoms with E-state index in [2.05, 4.69) is 0 Å². The van der Waals surface area contributed by atoms with Gasteiger partial charge in [-0.1, -0.05) is 36.4 Å².